The van der Waals surface area contributed by atoms with E-state index < -0.39 is 15.8 Å². The number of nitrogens with zero attached hydrogens (tertiary/aromatic N) is 1. The Morgan fingerprint density at radius 1 is 1.04 bits per heavy atom. The minimum Gasteiger partial charge on any atom is -0.373 e. The van der Waals surface area contributed by atoms with Gasteiger partial charge in [-0.2, -0.15) is 0 Å². The molecule has 136 valence electrons. The fourth-order valence-electron chi connectivity index (χ4n) is 2.33. The van der Waals surface area contributed by atoms with Crippen LogP contribution in [0.3, 0.4) is 0 Å². The SMILES string of the molecule is CC(C)(C)C(=O)CC1=Nc2ccccc2S[C@]1(O)CC(=O)C(C)(C)C. The summed E-state index contributed by atoms with van der Waals surface area (Å²) in [6, 6.07) is 7.48. The lowest BCUT2D eigenvalue weighted by Crippen LogP contribution is -2.43. The van der Waals surface area contributed by atoms with Crippen LogP contribution in [0.2, 0.25) is 0 Å². The van der Waals surface area contributed by atoms with E-state index in [1.165, 1.54) is 11.8 Å². The highest BCUT2D eigenvalue weighted by Crippen LogP contribution is 2.46. The molecule has 1 N–H and O–H groups in total. The molecule has 1 atom stereocenters. The lowest BCUT2D eigenvalue weighted by Gasteiger charge is -2.35. The zero-order valence-corrected chi connectivity index (χ0v) is 16.7. The van der Waals surface area contributed by atoms with Gasteiger partial charge < -0.3 is 5.11 Å². The summed E-state index contributed by atoms with van der Waals surface area (Å²) < 4.78 is 0. The second kappa shape index (κ2) is 6.69. The maximum Gasteiger partial charge on any atom is 0.160 e. The number of aliphatic hydroxyl groups is 1. The summed E-state index contributed by atoms with van der Waals surface area (Å²) in [5, 5.41) is 11.3. The van der Waals surface area contributed by atoms with Crippen LogP contribution in [0.5, 0.6) is 0 Å². The number of thioether (sulfide) groups is 1. The van der Waals surface area contributed by atoms with Gasteiger partial charge in [-0.1, -0.05) is 65.4 Å². The molecular weight excluding hydrogens is 334 g/mol. The highest BCUT2D eigenvalue weighted by atomic mass is 32.2. The van der Waals surface area contributed by atoms with Gasteiger partial charge in [-0.3, -0.25) is 14.6 Å². The number of hydrogen-bond donors (Lipinski definition) is 1. The van der Waals surface area contributed by atoms with Crippen LogP contribution in [-0.2, 0) is 9.59 Å². The topological polar surface area (TPSA) is 66.7 Å². The monoisotopic (exact) mass is 361 g/mol. The fourth-order valence-corrected chi connectivity index (χ4v) is 3.49. The quantitative estimate of drug-likeness (QED) is 0.853. The maximum absolute atomic E-state index is 12.6. The van der Waals surface area contributed by atoms with E-state index in [2.05, 4.69) is 4.99 Å². The summed E-state index contributed by atoms with van der Waals surface area (Å²) in [5.41, 5.74) is 0.0108. The molecule has 1 aliphatic rings. The number of rotatable bonds is 4. The van der Waals surface area contributed by atoms with Crippen LogP contribution < -0.4 is 0 Å². The number of ketones is 2. The van der Waals surface area contributed by atoms with Crippen molar-refractivity contribution in [1.82, 2.24) is 0 Å². The van der Waals surface area contributed by atoms with Crippen molar-refractivity contribution >= 4 is 34.7 Å². The normalized spacial score (nSPS) is 20.7. The molecule has 4 nitrogen and oxygen atoms in total. The Labute approximate surface area is 154 Å². The Hall–Kier alpha value is -1.46. The minimum atomic E-state index is -1.49. The smallest absolute Gasteiger partial charge is 0.160 e. The molecule has 0 saturated carbocycles. The summed E-state index contributed by atoms with van der Waals surface area (Å²) in [5.74, 6) is -0.0642. The van der Waals surface area contributed by atoms with Gasteiger partial charge >= 0.3 is 0 Å². The van der Waals surface area contributed by atoms with Crippen LogP contribution in [0.1, 0.15) is 54.4 Å². The first kappa shape index (κ1) is 19.9. The molecule has 0 aliphatic carbocycles. The summed E-state index contributed by atoms with van der Waals surface area (Å²) in [7, 11) is 0. The van der Waals surface area contributed by atoms with E-state index in [0.29, 0.717) is 5.71 Å². The van der Waals surface area contributed by atoms with E-state index >= 15 is 0 Å². The Kier molecular flexibility index (Phi) is 5.31. The van der Waals surface area contributed by atoms with E-state index in [1.807, 2.05) is 65.8 Å². The Balaban J connectivity index is 2.42. The number of hydrogen-bond acceptors (Lipinski definition) is 5. The summed E-state index contributed by atoms with van der Waals surface area (Å²) >= 11 is 1.22. The number of para-hydroxylation sites is 1. The Bertz CT molecular complexity index is 725. The zero-order chi connectivity index (χ0) is 19.0. The highest BCUT2D eigenvalue weighted by molar-refractivity contribution is 8.01. The van der Waals surface area contributed by atoms with Gasteiger partial charge in [-0.05, 0) is 12.1 Å². The molecule has 1 aliphatic heterocycles. The van der Waals surface area contributed by atoms with Crippen molar-refractivity contribution in [3.8, 4) is 0 Å². The van der Waals surface area contributed by atoms with Gasteiger partial charge in [0.1, 0.15) is 11.6 Å². The lowest BCUT2D eigenvalue weighted by atomic mass is 9.83. The molecule has 0 aromatic heterocycles. The van der Waals surface area contributed by atoms with Gasteiger partial charge in [-0.15, -0.1) is 0 Å². The molecule has 0 saturated heterocycles. The van der Waals surface area contributed by atoms with Crippen molar-refractivity contribution in [2.24, 2.45) is 15.8 Å². The molecule has 25 heavy (non-hydrogen) atoms. The van der Waals surface area contributed by atoms with Crippen molar-refractivity contribution in [2.45, 2.75) is 64.2 Å². The fraction of sp³-hybridized carbons (Fsp3) is 0.550. The average molecular weight is 362 g/mol. The lowest BCUT2D eigenvalue weighted by molar-refractivity contribution is -0.128. The second-order valence-electron chi connectivity index (χ2n) is 8.61. The molecule has 0 unspecified atom stereocenters. The standard InChI is InChI=1S/C20H27NO3S/c1-18(2,3)16(22)11-15-20(24,12-17(23)19(4,5)6)25-14-10-8-7-9-13(14)21-15/h7-10,24H,11-12H2,1-6H3/t20-/m1/s1. The maximum atomic E-state index is 12.6. The molecule has 1 aromatic carbocycles. The summed E-state index contributed by atoms with van der Waals surface area (Å²) in [6.45, 7) is 11.0. The van der Waals surface area contributed by atoms with Gasteiger partial charge in [0.25, 0.3) is 0 Å². The number of carbonyl (C=O) groups excluding carboxylic acids is 2. The van der Waals surface area contributed by atoms with Crippen LogP contribution in [0.4, 0.5) is 5.69 Å². The average Bonchev–Trinajstić information content (AvgIpc) is 2.45. The van der Waals surface area contributed by atoms with Crippen LogP contribution in [0, 0.1) is 10.8 Å². The molecule has 0 radical (unpaired) electrons. The third kappa shape index (κ3) is 4.59. The van der Waals surface area contributed by atoms with E-state index in [0.717, 1.165) is 10.6 Å². The highest BCUT2D eigenvalue weighted by Gasteiger charge is 2.43. The first-order chi connectivity index (χ1) is 11.3. The van der Waals surface area contributed by atoms with Crippen molar-refractivity contribution in [2.75, 3.05) is 0 Å². The van der Waals surface area contributed by atoms with Crippen molar-refractivity contribution < 1.29 is 14.7 Å². The predicted molar refractivity (Wildman–Crippen MR) is 103 cm³/mol. The molecule has 1 aromatic rings. The molecule has 0 fully saturated rings. The number of fused-ring (bicyclic) bond motifs is 1. The first-order valence-corrected chi connectivity index (χ1v) is 9.30. The molecule has 0 spiro atoms. The number of benzene rings is 1. The summed E-state index contributed by atoms with van der Waals surface area (Å²) in [4.78, 5) is 29.0. The molecule has 1 heterocycles. The summed E-state index contributed by atoms with van der Waals surface area (Å²) in [6.07, 6.45) is -0.0233. The van der Waals surface area contributed by atoms with Gasteiger partial charge in [0.05, 0.1) is 17.8 Å². The first-order valence-electron chi connectivity index (χ1n) is 8.48. The zero-order valence-electron chi connectivity index (χ0n) is 15.8. The largest absolute Gasteiger partial charge is 0.373 e. The van der Waals surface area contributed by atoms with Crippen LogP contribution in [-0.4, -0.2) is 27.3 Å². The van der Waals surface area contributed by atoms with Crippen LogP contribution >= 0.6 is 11.8 Å². The molecule has 5 heteroatoms. The third-order valence-electron chi connectivity index (χ3n) is 4.25. The minimum absolute atomic E-state index is 0.00661. The molecular formula is C20H27NO3S. The number of Topliss-reactive ketones (excluding diaryl/α,β-unsaturated/α-hetero) is 2. The third-order valence-corrected chi connectivity index (χ3v) is 5.53. The number of aliphatic imine (C=N–C) groups is 1. The van der Waals surface area contributed by atoms with Gasteiger partial charge in [0.15, 0.2) is 4.93 Å². The molecule has 2 rings (SSSR count). The van der Waals surface area contributed by atoms with Crippen molar-refractivity contribution in [1.29, 1.82) is 0 Å². The van der Waals surface area contributed by atoms with Crippen molar-refractivity contribution in [3.63, 3.8) is 0 Å². The number of carbonyl (C=O) groups is 2. The molecule has 0 amide bonds. The van der Waals surface area contributed by atoms with Gasteiger partial charge in [0.2, 0.25) is 0 Å². The Morgan fingerprint density at radius 3 is 2.16 bits per heavy atom. The van der Waals surface area contributed by atoms with E-state index in [-0.39, 0.29) is 24.4 Å². The van der Waals surface area contributed by atoms with Gasteiger partial charge in [-0.25, -0.2) is 0 Å². The van der Waals surface area contributed by atoms with E-state index in [1.54, 1.807) is 0 Å². The van der Waals surface area contributed by atoms with Crippen molar-refractivity contribution in [3.05, 3.63) is 24.3 Å². The predicted octanol–water partition coefficient (Wildman–Crippen LogP) is 4.56. The van der Waals surface area contributed by atoms with Gasteiger partial charge in [0, 0.05) is 22.1 Å². The van der Waals surface area contributed by atoms with Crippen LogP contribution in [0.25, 0.3) is 0 Å². The van der Waals surface area contributed by atoms with E-state index in [9.17, 15) is 14.7 Å². The van der Waals surface area contributed by atoms with E-state index in [4.69, 9.17) is 0 Å². The second-order valence-corrected chi connectivity index (χ2v) is 9.93. The molecule has 0 bridgehead atoms. The Morgan fingerprint density at radius 2 is 1.60 bits per heavy atom. The van der Waals surface area contributed by atoms with Crippen LogP contribution in [0.15, 0.2) is 34.2 Å².